The molecule has 0 N–H and O–H groups in total. The number of aldehydes is 1. The van der Waals surface area contributed by atoms with Gasteiger partial charge in [0.15, 0.2) is 12.9 Å². The third-order valence-electron chi connectivity index (χ3n) is 2.43. The SMILES string of the molecule is CC(C)c1nc(COc2ccc(Br)cc2C=O)no1. The van der Waals surface area contributed by atoms with Gasteiger partial charge in [0.25, 0.3) is 0 Å². The van der Waals surface area contributed by atoms with Crippen LogP contribution in [0.5, 0.6) is 5.75 Å². The van der Waals surface area contributed by atoms with Crippen molar-refractivity contribution < 1.29 is 14.1 Å². The van der Waals surface area contributed by atoms with Crippen LogP contribution in [-0.2, 0) is 6.61 Å². The quantitative estimate of drug-likeness (QED) is 0.789. The minimum Gasteiger partial charge on any atom is -0.485 e. The van der Waals surface area contributed by atoms with E-state index >= 15 is 0 Å². The second kappa shape index (κ2) is 5.97. The minimum absolute atomic E-state index is 0.165. The predicted molar refractivity (Wildman–Crippen MR) is 72.2 cm³/mol. The van der Waals surface area contributed by atoms with Crippen LogP contribution >= 0.6 is 15.9 Å². The Hall–Kier alpha value is -1.69. The molecule has 0 spiro atoms. The molecule has 0 amide bonds. The van der Waals surface area contributed by atoms with Gasteiger partial charge in [-0.2, -0.15) is 4.98 Å². The molecule has 0 saturated carbocycles. The van der Waals surface area contributed by atoms with Crippen molar-refractivity contribution in [3.8, 4) is 5.75 Å². The molecule has 100 valence electrons. The van der Waals surface area contributed by atoms with Crippen LogP contribution < -0.4 is 4.74 Å². The molecule has 19 heavy (non-hydrogen) atoms. The second-order valence-corrected chi connectivity index (χ2v) is 5.21. The summed E-state index contributed by atoms with van der Waals surface area (Å²) in [5, 5.41) is 3.82. The molecular weight excluding hydrogens is 312 g/mol. The molecule has 1 aromatic heterocycles. The number of carbonyl (C=O) groups excluding carboxylic acids is 1. The van der Waals surface area contributed by atoms with Crippen LogP contribution in [0.15, 0.2) is 27.2 Å². The molecule has 6 heteroatoms. The van der Waals surface area contributed by atoms with Gasteiger partial charge in [-0.25, -0.2) is 0 Å². The normalized spacial score (nSPS) is 10.7. The van der Waals surface area contributed by atoms with Gasteiger partial charge in [-0.15, -0.1) is 0 Å². The summed E-state index contributed by atoms with van der Waals surface area (Å²) in [6.07, 6.45) is 0.746. The summed E-state index contributed by atoms with van der Waals surface area (Å²) in [6, 6.07) is 5.22. The number of aromatic nitrogens is 2. The van der Waals surface area contributed by atoms with Crippen LogP contribution in [0.3, 0.4) is 0 Å². The zero-order chi connectivity index (χ0) is 13.8. The summed E-state index contributed by atoms with van der Waals surface area (Å²) < 4.78 is 11.4. The molecule has 2 rings (SSSR count). The maximum atomic E-state index is 10.9. The third kappa shape index (κ3) is 3.41. The second-order valence-electron chi connectivity index (χ2n) is 4.29. The third-order valence-corrected chi connectivity index (χ3v) is 2.93. The highest BCUT2D eigenvalue weighted by Crippen LogP contribution is 2.22. The molecule has 0 radical (unpaired) electrons. The first-order chi connectivity index (χ1) is 9.10. The Morgan fingerprint density at radius 2 is 2.26 bits per heavy atom. The van der Waals surface area contributed by atoms with Gasteiger partial charge in [-0.05, 0) is 18.2 Å². The molecule has 0 bridgehead atoms. The molecule has 0 unspecified atom stereocenters. The Morgan fingerprint density at radius 3 is 2.89 bits per heavy atom. The lowest BCUT2D eigenvalue weighted by molar-refractivity contribution is 0.111. The van der Waals surface area contributed by atoms with Gasteiger partial charge in [0.2, 0.25) is 11.7 Å². The topological polar surface area (TPSA) is 65.2 Å². The zero-order valence-electron chi connectivity index (χ0n) is 10.6. The van der Waals surface area contributed by atoms with Crippen LogP contribution in [0.1, 0.15) is 41.8 Å². The van der Waals surface area contributed by atoms with Gasteiger partial charge >= 0.3 is 0 Å². The van der Waals surface area contributed by atoms with E-state index in [1.54, 1.807) is 18.2 Å². The first-order valence-corrected chi connectivity index (χ1v) is 6.59. The lowest BCUT2D eigenvalue weighted by Crippen LogP contribution is -2.00. The van der Waals surface area contributed by atoms with E-state index in [9.17, 15) is 4.79 Å². The lowest BCUT2D eigenvalue weighted by atomic mass is 10.2. The monoisotopic (exact) mass is 324 g/mol. The molecule has 0 aliphatic heterocycles. The Bertz CT molecular complexity index is 581. The molecular formula is C13H13BrN2O3. The van der Waals surface area contributed by atoms with Crippen molar-refractivity contribution in [1.29, 1.82) is 0 Å². The van der Waals surface area contributed by atoms with Crippen LogP contribution in [-0.4, -0.2) is 16.4 Å². The molecule has 1 aromatic carbocycles. The fourth-order valence-electron chi connectivity index (χ4n) is 1.45. The van der Waals surface area contributed by atoms with Gasteiger partial charge in [-0.3, -0.25) is 4.79 Å². The maximum absolute atomic E-state index is 10.9. The van der Waals surface area contributed by atoms with E-state index in [2.05, 4.69) is 26.1 Å². The van der Waals surface area contributed by atoms with Crippen molar-refractivity contribution in [3.05, 3.63) is 40.0 Å². The number of rotatable bonds is 5. The van der Waals surface area contributed by atoms with Gasteiger partial charge < -0.3 is 9.26 Å². The van der Waals surface area contributed by atoms with Gasteiger partial charge in [0.1, 0.15) is 5.75 Å². The van der Waals surface area contributed by atoms with Crippen molar-refractivity contribution in [2.75, 3.05) is 0 Å². The van der Waals surface area contributed by atoms with Crippen molar-refractivity contribution >= 4 is 22.2 Å². The highest BCUT2D eigenvalue weighted by Gasteiger charge is 2.11. The van der Waals surface area contributed by atoms with E-state index < -0.39 is 0 Å². The molecule has 5 nitrogen and oxygen atoms in total. The fraction of sp³-hybridized carbons (Fsp3) is 0.308. The number of halogens is 1. The van der Waals surface area contributed by atoms with E-state index in [4.69, 9.17) is 9.26 Å². The van der Waals surface area contributed by atoms with Crippen LogP contribution in [0, 0.1) is 0 Å². The predicted octanol–water partition coefficient (Wildman–Crippen LogP) is 3.35. The largest absolute Gasteiger partial charge is 0.485 e. The number of benzene rings is 1. The van der Waals surface area contributed by atoms with Crippen molar-refractivity contribution in [2.24, 2.45) is 0 Å². The van der Waals surface area contributed by atoms with Gasteiger partial charge in [0, 0.05) is 10.4 Å². The van der Waals surface area contributed by atoms with Crippen LogP contribution in [0.4, 0.5) is 0 Å². The van der Waals surface area contributed by atoms with Crippen molar-refractivity contribution in [2.45, 2.75) is 26.4 Å². The van der Waals surface area contributed by atoms with Gasteiger partial charge in [0.05, 0.1) is 5.56 Å². The molecule has 2 aromatic rings. The first kappa shape index (κ1) is 13.7. The summed E-state index contributed by atoms with van der Waals surface area (Å²) in [6.45, 7) is 4.10. The minimum atomic E-state index is 0.165. The summed E-state index contributed by atoms with van der Waals surface area (Å²) in [5.41, 5.74) is 0.474. The smallest absolute Gasteiger partial charge is 0.229 e. The summed E-state index contributed by atoms with van der Waals surface area (Å²) in [5.74, 6) is 1.71. The van der Waals surface area contributed by atoms with E-state index in [1.165, 1.54) is 0 Å². The molecule has 0 aliphatic rings. The Labute approximate surface area is 119 Å². The summed E-state index contributed by atoms with van der Waals surface area (Å²) >= 11 is 3.30. The molecule has 0 saturated heterocycles. The lowest BCUT2D eigenvalue weighted by Gasteiger charge is -2.06. The highest BCUT2D eigenvalue weighted by atomic mass is 79.9. The Kier molecular flexibility index (Phi) is 4.31. The average molecular weight is 325 g/mol. The van der Waals surface area contributed by atoms with Crippen molar-refractivity contribution in [3.63, 3.8) is 0 Å². The summed E-state index contributed by atoms with van der Waals surface area (Å²) in [4.78, 5) is 15.1. The molecule has 1 heterocycles. The maximum Gasteiger partial charge on any atom is 0.229 e. The van der Waals surface area contributed by atoms with E-state index in [0.717, 1.165) is 10.8 Å². The van der Waals surface area contributed by atoms with Crippen LogP contribution in [0.25, 0.3) is 0 Å². The molecule has 0 fully saturated rings. The number of hydrogen-bond donors (Lipinski definition) is 0. The number of hydrogen-bond acceptors (Lipinski definition) is 5. The average Bonchev–Trinajstić information content (AvgIpc) is 2.86. The number of nitrogens with zero attached hydrogens (tertiary/aromatic N) is 2. The standard InChI is InChI=1S/C13H13BrN2O3/c1-8(2)13-15-12(16-19-13)7-18-11-4-3-10(14)5-9(11)6-17/h3-6,8H,7H2,1-2H3. The van der Waals surface area contributed by atoms with Crippen molar-refractivity contribution in [1.82, 2.24) is 10.1 Å². The van der Waals surface area contributed by atoms with E-state index in [1.807, 2.05) is 13.8 Å². The van der Waals surface area contributed by atoms with Crippen LogP contribution in [0.2, 0.25) is 0 Å². The molecule has 0 aliphatic carbocycles. The summed E-state index contributed by atoms with van der Waals surface area (Å²) in [7, 11) is 0. The zero-order valence-corrected chi connectivity index (χ0v) is 12.2. The van der Waals surface area contributed by atoms with E-state index in [-0.39, 0.29) is 12.5 Å². The first-order valence-electron chi connectivity index (χ1n) is 5.80. The fourth-order valence-corrected chi connectivity index (χ4v) is 1.82. The Balaban J connectivity index is 2.07. The van der Waals surface area contributed by atoms with Gasteiger partial charge in [-0.1, -0.05) is 34.9 Å². The molecule has 0 atom stereocenters. The highest BCUT2D eigenvalue weighted by molar-refractivity contribution is 9.10. The Morgan fingerprint density at radius 1 is 1.47 bits per heavy atom. The number of carbonyl (C=O) groups is 1. The van der Waals surface area contributed by atoms with E-state index in [0.29, 0.717) is 23.0 Å². The number of ether oxygens (including phenoxy) is 1.